The molecule has 0 amide bonds. The molecule has 0 radical (unpaired) electrons. The number of nitrogens with zero attached hydrogens (tertiary/aromatic N) is 1. The molecule has 1 atom stereocenters. The summed E-state index contributed by atoms with van der Waals surface area (Å²) in [5.74, 6) is 5.87. The van der Waals surface area contributed by atoms with E-state index >= 15 is 0 Å². The van der Waals surface area contributed by atoms with Crippen LogP contribution in [0.5, 0.6) is 0 Å². The molecule has 0 aliphatic carbocycles. The van der Waals surface area contributed by atoms with Gasteiger partial charge in [-0.25, -0.2) is 0 Å². The quantitative estimate of drug-likeness (QED) is 0.625. The van der Waals surface area contributed by atoms with Crippen molar-refractivity contribution in [1.82, 2.24) is 10.3 Å². The molecule has 1 aliphatic heterocycles. The maximum atomic E-state index is 5.87. The van der Waals surface area contributed by atoms with Crippen molar-refractivity contribution in [3.8, 4) is 0 Å². The van der Waals surface area contributed by atoms with Crippen molar-refractivity contribution in [2.45, 2.75) is 64.0 Å². The normalized spacial score (nSPS) is 19.8. The Bertz CT molecular complexity index is 367. The van der Waals surface area contributed by atoms with Crippen LogP contribution in [0.2, 0.25) is 0 Å². The minimum absolute atomic E-state index is 0.121. The van der Waals surface area contributed by atoms with Crippen LogP contribution in [0.25, 0.3) is 0 Å². The third-order valence-electron chi connectivity index (χ3n) is 4.73. The Morgan fingerprint density at radius 3 is 2.55 bits per heavy atom. The van der Waals surface area contributed by atoms with Gasteiger partial charge in [0.2, 0.25) is 0 Å². The molecule has 1 unspecified atom stereocenters. The number of rotatable bonds is 6. The zero-order valence-corrected chi connectivity index (χ0v) is 13.7. The summed E-state index contributed by atoms with van der Waals surface area (Å²) >= 11 is 1.84. The third-order valence-corrected chi connectivity index (χ3v) is 5.67. The molecule has 0 aromatic carbocycles. The summed E-state index contributed by atoms with van der Waals surface area (Å²) in [5.41, 5.74) is 3.21. The van der Waals surface area contributed by atoms with E-state index in [2.05, 4.69) is 41.7 Å². The zero-order chi connectivity index (χ0) is 14.4. The van der Waals surface area contributed by atoms with Gasteiger partial charge in [-0.2, -0.15) is 0 Å². The zero-order valence-electron chi connectivity index (χ0n) is 12.9. The molecular weight excluding hydrogens is 266 g/mol. The highest BCUT2D eigenvalue weighted by Crippen LogP contribution is 2.26. The van der Waals surface area contributed by atoms with E-state index in [1.807, 2.05) is 11.3 Å². The van der Waals surface area contributed by atoms with E-state index in [1.54, 1.807) is 0 Å². The van der Waals surface area contributed by atoms with Crippen LogP contribution in [0.15, 0.2) is 17.5 Å². The van der Waals surface area contributed by atoms with Crippen molar-refractivity contribution in [3.63, 3.8) is 0 Å². The van der Waals surface area contributed by atoms with Gasteiger partial charge in [0.05, 0.1) is 0 Å². The molecule has 1 aliphatic rings. The smallest absolute Gasteiger partial charge is 0.0392 e. The molecule has 3 N–H and O–H groups in total. The Morgan fingerprint density at radius 2 is 2.00 bits per heavy atom. The SMILES string of the molecule is CC(C)(C(CCc1cccs1)NN)N1CCCCCC1. The molecule has 20 heavy (non-hydrogen) atoms. The lowest BCUT2D eigenvalue weighted by molar-refractivity contribution is 0.0802. The molecule has 1 aromatic heterocycles. The molecule has 1 aromatic rings. The minimum atomic E-state index is 0.121. The van der Waals surface area contributed by atoms with E-state index in [0.29, 0.717) is 6.04 Å². The number of hydrogen-bond acceptors (Lipinski definition) is 4. The number of hydrogen-bond donors (Lipinski definition) is 2. The van der Waals surface area contributed by atoms with E-state index in [-0.39, 0.29) is 5.54 Å². The number of hydrazine groups is 1. The Morgan fingerprint density at radius 1 is 1.30 bits per heavy atom. The van der Waals surface area contributed by atoms with Crippen LogP contribution in [0.3, 0.4) is 0 Å². The van der Waals surface area contributed by atoms with E-state index in [0.717, 1.165) is 12.8 Å². The fourth-order valence-electron chi connectivity index (χ4n) is 3.25. The Balaban J connectivity index is 1.96. The van der Waals surface area contributed by atoms with Gasteiger partial charge in [-0.3, -0.25) is 16.2 Å². The maximum Gasteiger partial charge on any atom is 0.0392 e. The largest absolute Gasteiger partial charge is 0.297 e. The topological polar surface area (TPSA) is 41.3 Å². The summed E-state index contributed by atoms with van der Waals surface area (Å²) in [4.78, 5) is 4.09. The summed E-state index contributed by atoms with van der Waals surface area (Å²) in [6.45, 7) is 7.11. The highest BCUT2D eigenvalue weighted by atomic mass is 32.1. The van der Waals surface area contributed by atoms with E-state index in [1.165, 1.54) is 43.6 Å². The first-order valence-electron chi connectivity index (χ1n) is 7.88. The second-order valence-corrected chi connectivity index (χ2v) is 7.42. The molecule has 2 rings (SSSR count). The monoisotopic (exact) mass is 295 g/mol. The Labute approximate surface area is 127 Å². The molecule has 0 spiro atoms. The molecule has 4 heteroatoms. The van der Waals surface area contributed by atoms with Crippen molar-refractivity contribution in [2.24, 2.45) is 5.84 Å². The predicted octanol–water partition coefficient (Wildman–Crippen LogP) is 3.17. The Hall–Kier alpha value is -0.420. The summed E-state index contributed by atoms with van der Waals surface area (Å²) in [5, 5.41) is 2.15. The van der Waals surface area contributed by atoms with Crippen LogP contribution >= 0.6 is 11.3 Å². The van der Waals surface area contributed by atoms with Crippen LogP contribution in [0, 0.1) is 0 Å². The lowest BCUT2D eigenvalue weighted by Gasteiger charge is -2.43. The van der Waals surface area contributed by atoms with E-state index in [4.69, 9.17) is 5.84 Å². The number of aryl methyl sites for hydroxylation is 1. The van der Waals surface area contributed by atoms with Crippen LogP contribution in [-0.4, -0.2) is 29.6 Å². The minimum Gasteiger partial charge on any atom is -0.297 e. The molecule has 0 saturated carbocycles. The molecule has 2 heterocycles. The standard InChI is InChI=1S/C16H29N3S/c1-16(2,19-11-5-3-4-6-12-19)15(18-17)10-9-14-8-7-13-20-14/h7-8,13,15,18H,3-6,9-12,17H2,1-2H3. The van der Waals surface area contributed by atoms with Gasteiger partial charge in [0, 0.05) is 16.5 Å². The van der Waals surface area contributed by atoms with Crippen molar-refractivity contribution in [1.29, 1.82) is 0 Å². The number of likely N-dealkylation sites (tertiary alicyclic amines) is 1. The van der Waals surface area contributed by atoms with Gasteiger partial charge in [0.25, 0.3) is 0 Å². The predicted molar refractivity (Wildman–Crippen MR) is 87.9 cm³/mol. The Kier molecular flexibility index (Phi) is 6.02. The number of nitrogens with two attached hydrogens (primary N) is 1. The first kappa shape index (κ1) is 16.0. The van der Waals surface area contributed by atoms with Crippen LogP contribution in [-0.2, 0) is 6.42 Å². The number of thiophene rings is 1. The van der Waals surface area contributed by atoms with Crippen LogP contribution < -0.4 is 11.3 Å². The lowest BCUT2D eigenvalue weighted by Crippen LogP contribution is -2.59. The molecule has 114 valence electrons. The van der Waals surface area contributed by atoms with Crippen molar-refractivity contribution >= 4 is 11.3 Å². The average molecular weight is 295 g/mol. The summed E-state index contributed by atoms with van der Waals surface area (Å²) < 4.78 is 0. The molecule has 3 nitrogen and oxygen atoms in total. The number of nitrogens with one attached hydrogen (secondary N) is 1. The van der Waals surface area contributed by atoms with Crippen molar-refractivity contribution < 1.29 is 0 Å². The van der Waals surface area contributed by atoms with Gasteiger partial charge in [0.1, 0.15) is 0 Å². The summed E-state index contributed by atoms with van der Waals surface area (Å²) in [7, 11) is 0. The van der Waals surface area contributed by atoms with Gasteiger partial charge in [-0.05, 0) is 64.1 Å². The second-order valence-electron chi connectivity index (χ2n) is 6.39. The first-order chi connectivity index (χ1) is 9.64. The summed E-state index contributed by atoms with van der Waals surface area (Å²) in [6, 6.07) is 4.69. The van der Waals surface area contributed by atoms with E-state index in [9.17, 15) is 0 Å². The third kappa shape index (κ3) is 4.04. The highest BCUT2D eigenvalue weighted by molar-refractivity contribution is 7.09. The van der Waals surface area contributed by atoms with Gasteiger partial charge >= 0.3 is 0 Å². The van der Waals surface area contributed by atoms with Crippen molar-refractivity contribution in [2.75, 3.05) is 13.1 Å². The second kappa shape index (κ2) is 7.55. The van der Waals surface area contributed by atoms with Gasteiger partial charge < -0.3 is 0 Å². The first-order valence-corrected chi connectivity index (χ1v) is 8.76. The van der Waals surface area contributed by atoms with Gasteiger partial charge in [-0.15, -0.1) is 11.3 Å². The molecular formula is C16H29N3S. The van der Waals surface area contributed by atoms with Gasteiger partial charge in [-0.1, -0.05) is 18.9 Å². The molecule has 0 bridgehead atoms. The lowest BCUT2D eigenvalue weighted by atomic mass is 9.88. The molecule has 1 saturated heterocycles. The average Bonchev–Trinajstić information content (AvgIpc) is 2.78. The van der Waals surface area contributed by atoms with Gasteiger partial charge in [0.15, 0.2) is 0 Å². The maximum absolute atomic E-state index is 5.87. The fourth-order valence-corrected chi connectivity index (χ4v) is 3.97. The van der Waals surface area contributed by atoms with E-state index < -0.39 is 0 Å². The van der Waals surface area contributed by atoms with Crippen LogP contribution in [0.4, 0.5) is 0 Å². The fraction of sp³-hybridized carbons (Fsp3) is 0.750. The highest BCUT2D eigenvalue weighted by Gasteiger charge is 2.34. The van der Waals surface area contributed by atoms with Crippen LogP contribution in [0.1, 0.15) is 50.8 Å². The summed E-state index contributed by atoms with van der Waals surface area (Å²) in [6.07, 6.45) is 7.62. The molecule has 1 fully saturated rings. The van der Waals surface area contributed by atoms with Crippen molar-refractivity contribution in [3.05, 3.63) is 22.4 Å².